The van der Waals surface area contributed by atoms with Gasteiger partial charge in [0.2, 0.25) is 5.91 Å². The minimum Gasteiger partial charge on any atom is -0.311 e. The molecule has 1 heterocycles. The van der Waals surface area contributed by atoms with Gasteiger partial charge in [0.15, 0.2) is 0 Å². The van der Waals surface area contributed by atoms with E-state index in [2.05, 4.69) is 10.4 Å². The lowest BCUT2D eigenvalue weighted by atomic mass is 10.0. The second kappa shape index (κ2) is 9.42. The van der Waals surface area contributed by atoms with Gasteiger partial charge in [-0.15, -0.1) is 0 Å². The van der Waals surface area contributed by atoms with E-state index in [-0.39, 0.29) is 5.91 Å². The van der Waals surface area contributed by atoms with E-state index in [1.165, 1.54) is 25.7 Å². The summed E-state index contributed by atoms with van der Waals surface area (Å²) < 4.78 is 1.63. The van der Waals surface area contributed by atoms with E-state index >= 15 is 0 Å². The molecule has 1 N–H and O–H groups in total. The number of hydrogen-bond donors (Lipinski definition) is 1. The molecule has 0 bridgehead atoms. The van der Waals surface area contributed by atoms with Gasteiger partial charge < -0.3 is 5.32 Å². The summed E-state index contributed by atoms with van der Waals surface area (Å²) in [4.78, 5) is 12.7. The van der Waals surface area contributed by atoms with E-state index in [0.717, 1.165) is 12.0 Å². The third kappa shape index (κ3) is 5.00. The van der Waals surface area contributed by atoms with Crippen LogP contribution in [-0.4, -0.2) is 15.7 Å². The highest BCUT2D eigenvalue weighted by Crippen LogP contribution is 2.32. The molecule has 3 aromatic rings. The van der Waals surface area contributed by atoms with Gasteiger partial charge in [0.25, 0.3) is 0 Å². The van der Waals surface area contributed by atoms with Crippen LogP contribution in [0.2, 0.25) is 15.1 Å². The summed E-state index contributed by atoms with van der Waals surface area (Å²) in [5.74, 6) is 1.19. The summed E-state index contributed by atoms with van der Waals surface area (Å²) in [7, 11) is 0. The Kier molecular flexibility index (Phi) is 6.67. The second-order valence-corrected chi connectivity index (χ2v) is 8.95. The minimum absolute atomic E-state index is 0.0242. The number of hydrogen-bond acceptors (Lipinski definition) is 2. The molecule has 0 atom stereocenters. The molecule has 4 nitrogen and oxygen atoms in total. The fourth-order valence-corrected chi connectivity index (χ4v) is 4.39. The van der Waals surface area contributed by atoms with Gasteiger partial charge in [0.05, 0.1) is 16.4 Å². The maximum Gasteiger partial charge on any atom is 0.225 e. The van der Waals surface area contributed by atoms with Crippen molar-refractivity contribution in [2.75, 3.05) is 5.32 Å². The molecule has 0 spiro atoms. The molecule has 30 heavy (non-hydrogen) atoms. The zero-order valence-corrected chi connectivity index (χ0v) is 18.6. The molecular weight excluding hydrogens is 441 g/mol. The van der Waals surface area contributed by atoms with Crippen molar-refractivity contribution in [2.24, 2.45) is 5.92 Å². The molecule has 2 aromatic carbocycles. The van der Waals surface area contributed by atoms with Gasteiger partial charge in [-0.25, -0.2) is 4.68 Å². The largest absolute Gasteiger partial charge is 0.311 e. The Hall–Kier alpha value is -2.01. The van der Waals surface area contributed by atoms with Crippen LogP contribution in [0.5, 0.6) is 0 Å². The zero-order chi connectivity index (χ0) is 21.1. The first-order valence-electron chi connectivity index (χ1n) is 10.1. The lowest BCUT2D eigenvalue weighted by molar-refractivity contribution is -0.116. The first kappa shape index (κ1) is 21.2. The fraction of sp³-hybridized carbons (Fsp3) is 0.304. The number of amides is 1. The highest BCUT2D eigenvalue weighted by molar-refractivity contribution is 6.34. The van der Waals surface area contributed by atoms with Crippen LogP contribution >= 0.6 is 34.8 Å². The number of carbonyl (C=O) groups is 1. The summed E-state index contributed by atoms with van der Waals surface area (Å²) in [6.07, 6.45) is 6.42. The van der Waals surface area contributed by atoms with E-state index in [9.17, 15) is 4.79 Å². The van der Waals surface area contributed by atoms with Crippen LogP contribution in [0.1, 0.15) is 38.5 Å². The molecule has 0 saturated heterocycles. The average molecular weight is 463 g/mol. The summed E-state index contributed by atoms with van der Waals surface area (Å²) in [6, 6.07) is 14.4. The molecule has 1 fully saturated rings. The molecule has 1 aliphatic rings. The molecule has 0 aliphatic heterocycles. The predicted octanol–water partition coefficient (Wildman–Crippen LogP) is 7.41. The van der Waals surface area contributed by atoms with Crippen LogP contribution in [0, 0.1) is 5.92 Å². The van der Waals surface area contributed by atoms with E-state index in [1.54, 1.807) is 22.9 Å². The molecule has 7 heteroatoms. The molecule has 1 aliphatic carbocycles. The number of nitrogens with zero attached hydrogens (tertiary/aromatic N) is 2. The molecule has 4 rings (SSSR count). The molecule has 1 saturated carbocycles. The van der Waals surface area contributed by atoms with Crippen molar-refractivity contribution in [1.82, 2.24) is 9.78 Å². The second-order valence-electron chi connectivity index (χ2n) is 7.67. The first-order chi connectivity index (χ1) is 14.5. The molecule has 0 unspecified atom stereocenters. The van der Waals surface area contributed by atoms with Gasteiger partial charge in [-0.2, -0.15) is 5.10 Å². The number of anilines is 1. The Morgan fingerprint density at radius 1 is 1.00 bits per heavy atom. The predicted molar refractivity (Wildman–Crippen MR) is 124 cm³/mol. The monoisotopic (exact) mass is 461 g/mol. The Morgan fingerprint density at radius 2 is 1.70 bits per heavy atom. The molecule has 1 aromatic heterocycles. The normalized spacial score (nSPS) is 14.2. The van der Waals surface area contributed by atoms with Crippen molar-refractivity contribution < 1.29 is 4.79 Å². The zero-order valence-electron chi connectivity index (χ0n) is 16.4. The maximum absolute atomic E-state index is 12.7. The number of rotatable bonds is 6. The highest BCUT2D eigenvalue weighted by Gasteiger charge is 2.19. The molecule has 0 radical (unpaired) electrons. The summed E-state index contributed by atoms with van der Waals surface area (Å²) in [5, 5.41) is 9.38. The highest BCUT2D eigenvalue weighted by atomic mass is 35.5. The van der Waals surface area contributed by atoms with Crippen LogP contribution in [0.15, 0.2) is 48.5 Å². The number of benzene rings is 2. The fourth-order valence-electron chi connectivity index (χ4n) is 3.90. The van der Waals surface area contributed by atoms with Crippen LogP contribution < -0.4 is 5.32 Å². The van der Waals surface area contributed by atoms with Crippen molar-refractivity contribution in [3.8, 4) is 16.9 Å². The van der Waals surface area contributed by atoms with E-state index in [1.807, 2.05) is 30.3 Å². The van der Waals surface area contributed by atoms with E-state index in [0.29, 0.717) is 44.6 Å². The standard InChI is InChI=1S/C23H22Cl3N3O/c24-17-8-6-16(7-9-17)20-14-22(27-23(30)12-5-15-3-1-2-4-15)29(28-20)21-13-18(25)10-11-19(21)26/h6-11,13-15H,1-5,12H2,(H,27,30). The first-order valence-corrected chi connectivity index (χ1v) is 11.2. The van der Waals surface area contributed by atoms with Crippen molar-refractivity contribution in [3.63, 3.8) is 0 Å². The smallest absolute Gasteiger partial charge is 0.225 e. The maximum atomic E-state index is 12.7. The Balaban J connectivity index is 1.63. The van der Waals surface area contributed by atoms with Crippen molar-refractivity contribution in [1.29, 1.82) is 0 Å². The summed E-state index contributed by atoms with van der Waals surface area (Å²) in [5.41, 5.74) is 2.20. The number of nitrogens with one attached hydrogen (secondary N) is 1. The van der Waals surface area contributed by atoms with Gasteiger partial charge >= 0.3 is 0 Å². The number of halogens is 3. The van der Waals surface area contributed by atoms with Crippen LogP contribution in [0.4, 0.5) is 5.82 Å². The van der Waals surface area contributed by atoms with Crippen molar-refractivity contribution >= 4 is 46.5 Å². The summed E-state index contributed by atoms with van der Waals surface area (Å²) >= 11 is 18.6. The van der Waals surface area contributed by atoms with Gasteiger partial charge in [-0.1, -0.05) is 72.6 Å². The number of carbonyl (C=O) groups excluding carboxylic acids is 1. The number of aromatic nitrogens is 2. The third-order valence-electron chi connectivity index (χ3n) is 5.51. The Bertz CT molecular complexity index is 1040. The van der Waals surface area contributed by atoms with Crippen LogP contribution in [0.25, 0.3) is 16.9 Å². The van der Waals surface area contributed by atoms with Gasteiger partial charge in [-0.3, -0.25) is 4.79 Å². The summed E-state index contributed by atoms with van der Waals surface area (Å²) in [6.45, 7) is 0. The molecule has 1 amide bonds. The SMILES string of the molecule is O=C(CCC1CCCC1)Nc1cc(-c2ccc(Cl)cc2)nn1-c1cc(Cl)ccc1Cl. The minimum atomic E-state index is -0.0242. The topological polar surface area (TPSA) is 46.9 Å². The Morgan fingerprint density at radius 3 is 2.43 bits per heavy atom. The van der Waals surface area contributed by atoms with Crippen molar-refractivity contribution in [3.05, 3.63) is 63.6 Å². The molecule has 156 valence electrons. The third-order valence-corrected chi connectivity index (χ3v) is 6.31. The van der Waals surface area contributed by atoms with E-state index < -0.39 is 0 Å². The van der Waals surface area contributed by atoms with Crippen molar-refractivity contribution in [2.45, 2.75) is 38.5 Å². The average Bonchev–Trinajstić information content (AvgIpc) is 3.39. The van der Waals surface area contributed by atoms with Gasteiger partial charge in [-0.05, 0) is 42.7 Å². The van der Waals surface area contributed by atoms with Crippen LogP contribution in [-0.2, 0) is 4.79 Å². The van der Waals surface area contributed by atoms with E-state index in [4.69, 9.17) is 34.8 Å². The Labute approximate surface area is 191 Å². The lowest BCUT2D eigenvalue weighted by Gasteiger charge is -2.12. The van der Waals surface area contributed by atoms with Gasteiger partial charge in [0.1, 0.15) is 5.82 Å². The quantitative estimate of drug-likeness (QED) is 0.414. The molecular formula is C23H22Cl3N3O. The van der Waals surface area contributed by atoms with Crippen LogP contribution in [0.3, 0.4) is 0 Å². The lowest BCUT2D eigenvalue weighted by Crippen LogP contribution is -2.15. The van der Waals surface area contributed by atoms with Gasteiger partial charge in [0, 0.05) is 28.1 Å².